The van der Waals surface area contributed by atoms with Gasteiger partial charge in [-0.05, 0) is 43.4 Å². The van der Waals surface area contributed by atoms with E-state index in [0.717, 1.165) is 49.3 Å². The molecule has 2 heterocycles. The van der Waals surface area contributed by atoms with Crippen LogP contribution < -0.4 is 15.5 Å². The first-order chi connectivity index (χ1) is 13.1. The van der Waals surface area contributed by atoms with Crippen molar-refractivity contribution in [1.29, 1.82) is 0 Å². The molecule has 1 saturated heterocycles. The smallest absolute Gasteiger partial charge is 0.191 e. The van der Waals surface area contributed by atoms with Crippen molar-refractivity contribution in [3.63, 3.8) is 0 Å². The standard InChI is InChI=1S/C20H29BrN6.HI/c1-22-20(23-10-4-7-16-6-3-8-17(21)12-16)25-18-9-5-11-27(14-18)19-13-24-26(2)15-19;/h3,6,8,12-13,15,18H,4-5,7,9-11,14H2,1-2H3,(H2,22,23,25);1H. The van der Waals surface area contributed by atoms with Crippen molar-refractivity contribution in [3.05, 3.63) is 46.7 Å². The fraction of sp³-hybridized carbons (Fsp3) is 0.500. The number of benzene rings is 1. The number of hydrogen-bond acceptors (Lipinski definition) is 3. The summed E-state index contributed by atoms with van der Waals surface area (Å²) in [5.74, 6) is 0.891. The molecule has 1 aliphatic rings. The average molecular weight is 561 g/mol. The van der Waals surface area contributed by atoms with E-state index in [-0.39, 0.29) is 24.0 Å². The van der Waals surface area contributed by atoms with Crippen LogP contribution in [-0.4, -0.2) is 48.5 Å². The zero-order valence-electron chi connectivity index (χ0n) is 16.6. The molecule has 1 aromatic heterocycles. The summed E-state index contributed by atoms with van der Waals surface area (Å²) in [5.41, 5.74) is 2.55. The van der Waals surface area contributed by atoms with Gasteiger partial charge in [0.1, 0.15) is 0 Å². The Morgan fingerprint density at radius 2 is 2.25 bits per heavy atom. The van der Waals surface area contributed by atoms with Crippen molar-refractivity contribution in [2.75, 3.05) is 31.6 Å². The third-order valence-electron chi connectivity index (χ3n) is 4.87. The third kappa shape index (κ3) is 6.95. The van der Waals surface area contributed by atoms with Crippen LogP contribution in [0.25, 0.3) is 0 Å². The molecule has 6 nitrogen and oxygen atoms in total. The number of piperidine rings is 1. The second-order valence-corrected chi connectivity index (χ2v) is 7.95. The van der Waals surface area contributed by atoms with Gasteiger partial charge in [0.25, 0.3) is 0 Å². The highest BCUT2D eigenvalue weighted by Gasteiger charge is 2.21. The molecule has 8 heteroatoms. The minimum atomic E-state index is 0. The molecule has 1 fully saturated rings. The molecule has 0 aliphatic carbocycles. The summed E-state index contributed by atoms with van der Waals surface area (Å²) in [5, 5.41) is 11.3. The maximum Gasteiger partial charge on any atom is 0.191 e. The summed E-state index contributed by atoms with van der Waals surface area (Å²) in [6.07, 6.45) is 8.49. The zero-order chi connectivity index (χ0) is 19.1. The Balaban J connectivity index is 0.00000280. The third-order valence-corrected chi connectivity index (χ3v) is 5.36. The molecule has 2 aromatic rings. The Labute approximate surface area is 193 Å². The van der Waals surface area contributed by atoms with Gasteiger partial charge in [0.15, 0.2) is 5.96 Å². The molecule has 1 aromatic carbocycles. The number of nitrogens with zero attached hydrogens (tertiary/aromatic N) is 4. The number of aromatic nitrogens is 2. The largest absolute Gasteiger partial charge is 0.367 e. The quantitative estimate of drug-likeness (QED) is 0.245. The van der Waals surface area contributed by atoms with Gasteiger partial charge in [0.05, 0.1) is 11.9 Å². The molecule has 2 N–H and O–H groups in total. The van der Waals surface area contributed by atoms with Gasteiger partial charge >= 0.3 is 0 Å². The number of hydrogen-bond donors (Lipinski definition) is 2. The summed E-state index contributed by atoms with van der Waals surface area (Å²) in [6.45, 7) is 2.97. The fourth-order valence-electron chi connectivity index (χ4n) is 3.48. The molecule has 1 aliphatic heterocycles. The number of aryl methyl sites for hydroxylation is 2. The molecular formula is C20H30BrIN6. The SMILES string of the molecule is CN=C(NCCCc1cccc(Br)c1)NC1CCCN(c2cnn(C)c2)C1.I. The van der Waals surface area contributed by atoms with Crippen LogP contribution in [0.5, 0.6) is 0 Å². The van der Waals surface area contributed by atoms with Crippen molar-refractivity contribution in [2.45, 2.75) is 31.7 Å². The second kappa shape index (κ2) is 11.6. The van der Waals surface area contributed by atoms with Crippen LogP contribution >= 0.6 is 39.9 Å². The van der Waals surface area contributed by atoms with E-state index in [1.807, 2.05) is 25.0 Å². The average Bonchev–Trinajstić information content (AvgIpc) is 3.11. The predicted octanol–water partition coefficient (Wildman–Crippen LogP) is 3.57. The number of nitrogens with one attached hydrogen (secondary N) is 2. The monoisotopic (exact) mass is 560 g/mol. The minimum absolute atomic E-state index is 0. The fourth-order valence-corrected chi connectivity index (χ4v) is 3.93. The lowest BCUT2D eigenvalue weighted by molar-refractivity contribution is 0.468. The van der Waals surface area contributed by atoms with Crippen LogP contribution in [0.2, 0.25) is 0 Å². The van der Waals surface area contributed by atoms with Crippen LogP contribution in [0.4, 0.5) is 5.69 Å². The predicted molar refractivity (Wildman–Crippen MR) is 131 cm³/mol. The number of rotatable bonds is 6. The highest BCUT2D eigenvalue weighted by molar-refractivity contribution is 14.0. The second-order valence-electron chi connectivity index (χ2n) is 7.03. The lowest BCUT2D eigenvalue weighted by Gasteiger charge is -2.34. The van der Waals surface area contributed by atoms with E-state index in [1.54, 1.807) is 0 Å². The van der Waals surface area contributed by atoms with Crippen LogP contribution in [0.3, 0.4) is 0 Å². The Kier molecular flexibility index (Phi) is 9.57. The van der Waals surface area contributed by atoms with E-state index in [2.05, 4.69) is 72.0 Å². The lowest BCUT2D eigenvalue weighted by atomic mass is 10.1. The molecular weight excluding hydrogens is 531 g/mol. The first kappa shape index (κ1) is 23.0. The Morgan fingerprint density at radius 1 is 1.39 bits per heavy atom. The number of halogens is 2. The van der Waals surface area contributed by atoms with Gasteiger partial charge < -0.3 is 15.5 Å². The molecule has 3 rings (SSSR count). The van der Waals surface area contributed by atoms with Crippen LogP contribution in [0.15, 0.2) is 46.1 Å². The summed E-state index contributed by atoms with van der Waals surface area (Å²) in [6, 6.07) is 8.90. The van der Waals surface area contributed by atoms with E-state index in [9.17, 15) is 0 Å². The maximum absolute atomic E-state index is 4.39. The molecule has 0 bridgehead atoms. The molecule has 0 radical (unpaired) electrons. The van der Waals surface area contributed by atoms with Gasteiger partial charge in [0.2, 0.25) is 0 Å². The van der Waals surface area contributed by atoms with E-state index in [1.165, 1.54) is 17.7 Å². The van der Waals surface area contributed by atoms with Crippen molar-refractivity contribution in [1.82, 2.24) is 20.4 Å². The van der Waals surface area contributed by atoms with Gasteiger partial charge in [-0.25, -0.2) is 0 Å². The Hall–Kier alpha value is -1.29. The maximum atomic E-state index is 4.39. The Bertz CT molecular complexity index is 763. The summed E-state index contributed by atoms with van der Waals surface area (Å²) in [4.78, 5) is 6.79. The van der Waals surface area contributed by atoms with E-state index in [0.29, 0.717) is 6.04 Å². The van der Waals surface area contributed by atoms with Crippen LogP contribution in [-0.2, 0) is 13.5 Å². The molecule has 154 valence electrons. The molecule has 1 unspecified atom stereocenters. The summed E-state index contributed by atoms with van der Waals surface area (Å²) < 4.78 is 3.00. The van der Waals surface area contributed by atoms with Crippen molar-refractivity contribution in [3.8, 4) is 0 Å². The first-order valence-electron chi connectivity index (χ1n) is 9.59. The normalized spacial score (nSPS) is 17.2. The van der Waals surface area contributed by atoms with E-state index in [4.69, 9.17) is 0 Å². The highest BCUT2D eigenvalue weighted by Crippen LogP contribution is 2.19. The number of guanidine groups is 1. The molecule has 0 amide bonds. The van der Waals surface area contributed by atoms with Crippen molar-refractivity contribution in [2.24, 2.45) is 12.0 Å². The van der Waals surface area contributed by atoms with Crippen LogP contribution in [0, 0.1) is 0 Å². The van der Waals surface area contributed by atoms with Gasteiger partial charge in [0, 0.05) is 50.4 Å². The Morgan fingerprint density at radius 3 is 2.96 bits per heavy atom. The topological polar surface area (TPSA) is 57.5 Å². The number of aliphatic imine (C=N–C) groups is 1. The van der Waals surface area contributed by atoms with E-state index >= 15 is 0 Å². The lowest BCUT2D eigenvalue weighted by Crippen LogP contribution is -2.51. The molecule has 1 atom stereocenters. The molecule has 28 heavy (non-hydrogen) atoms. The minimum Gasteiger partial charge on any atom is -0.367 e. The highest BCUT2D eigenvalue weighted by atomic mass is 127. The zero-order valence-corrected chi connectivity index (χ0v) is 20.5. The van der Waals surface area contributed by atoms with Crippen molar-refractivity contribution >= 4 is 51.6 Å². The van der Waals surface area contributed by atoms with Gasteiger partial charge in [-0.3, -0.25) is 9.67 Å². The summed E-state index contributed by atoms with van der Waals surface area (Å²) in [7, 11) is 3.80. The van der Waals surface area contributed by atoms with Gasteiger partial charge in [-0.15, -0.1) is 24.0 Å². The summed E-state index contributed by atoms with van der Waals surface area (Å²) >= 11 is 3.53. The van der Waals surface area contributed by atoms with Gasteiger partial charge in [-0.1, -0.05) is 28.1 Å². The van der Waals surface area contributed by atoms with Crippen LogP contribution in [0.1, 0.15) is 24.8 Å². The number of anilines is 1. The van der Waals surface area contributed by atoms with Crippen molar-refractivity contribution < 1.29 is 0 Å². The molecule has 0 saturated carbocycles. The van der Waals surface area contributed by atoms with E-state index < -0.39 is 0 Å². The van der Waals surface area contributed by atoms with Gasteiger partial charge in [-0.2, -0.15) is 5.10 Å². The first-order valence-corrected chi connectivity index (χ1v) is 10.4. The molecule has 0 spiro atoms.